The molecule has 0 aliphatic heterocycles. The fourth-order valence-electron chi connectivity index (χ4n) is 2.34. The lowest BCUT2D eigenvalue weighted by Gasteiger charge is -2.24. The number of fused-ring (bicyclic) bond motifs is 1. The van der Waals surface area contributed by atoms with E-state index in [9.17, 15) is 14.7 Å². The van der Waals surface area contributed by atoms with E-state index >= 15 is 0 Å². The standard InChI is InChI=1S/C15H17NO5/c17-7-5-16(6-8-18)9-12-13(19)10-3-1-2-4-11(10)14(20)15(12)21/h1-4,17-19H,5-9H2. The van der Waals surface area contributed by atoms with Crippen molar-refractivity contribution >= 4 is 17.3 Å². The number of carbonyl (C=O) groups is 2. The van der Waals surface area contributed by atoms with Gasteiger partial charge in [-0.2, -0.15) is 0 Å². The van der Waals surface area contributed by atoms with E-state index in [0.717, 1.165) is 0 Å². The third kappa shape index (κ3) is 3.02. The van der Waals surface area contributed by atoms with Gasteiger partial charge in [0.2, 0.25) is 11.6 Å². The first-order valence-electron chi connectivity index (χ1n) is 6.64. The highest BCUT2D eigenvalue weighted by atomic mass is 16.3. The second-order valence-corrected chi connectivity index (χ2v) is 4.75. The number of aliphatic hydroxyl groups is 3. The molecule has 2 rings (SSSR count). The zero-order chi connectivity index (χ0) is 15.4. The van der Waals surface area contributed by atoms with Crippen molar-refractivity contribution in [3.8, 4) is 0 Å². The van der Waals surface area contributed by atoms with Gasteiger partial charge >= 0.3 is 0 Å². The van der Waals surface area contributed by atoms with Crippen molar-refractivity contribution in [2.24, 2.45) is 0 Å². The van der Waals surface area contributed by atoms with Crippen LogP contribution in [0.2, 0.25) is 0 Å². The lowest BCUT2D eigenvalue weighted by molar-refractivity contribution is -0.112. The molecule has 0 aromatic heterocycles. The maximum absolute atomic E-state index is 12.1. The van der Waals surface area contributed by atoms with Gasteiger partial charge in [-0.25, -0.2) is 0 Å². The molecule has 21 heavy (non-hydrogen) atoms. The SMILES string of the molecule is O=C1C(=O)c2ccccc2C(O)=C1CN(CCO)CCO. The van der Waals surface area contributed by atoms with Gasteiger partial charge in [-0.1, -0.05) is 24.3 Å². The van der Waals surface area contributed by atoms with Crippen LogP contribution in [-0.4, -0.2) is 64.6 Å². The van der Waals surface area contributed by atoms with Crippen LogP contribution in [0.25, 0.3) is 5.76 Å². The van der Waals surface area contributed by atoms with Crippen molar-refractivity contribution in [2.75, 3.05) is 32.8 Å². The van der Waals surface area contributed by atoms with Crippen molar-refractivity contribution < 1.29 is 24.9 Å². The molecule has 1 aliphatic rings. The Labute approximate surface area is 121 Å². The van der Waals surface area contributed by atoms with Crippen LogP contribution in [-0.2, 0) is 4.79 Å². The normalized spacial score (nSPS) is 14.8. The molecule has 6 nitrogen and oxygen atoms in total. The summed E-state index contributed by atoms with van der Waals surface area (Å²) in [6, 6.07) is 6.39. The number of aliphatic hydroxyl groups excluding tert-OH is 3. The maximum atomic E-state index is 12.1. The fraction of sp³-hybridized carbons (Fsp3) is 0.333. The Morgan fingerprint density at radius 1 is 0.905 bits per heavy atom. The molecular formula is C15H17NO5. The van der Waals surface area contributed by atoms with Crippen LogP contribution in [0, 0.1) is 0 Å². The minimum absolute atomic E-state index is 0.000556. The Hall–Kier alpha value is -2.02. The maximum Gasteiger partial charge on any atom is 0.234 e. The summed E-state index contributed by atoms with van der Waals surface area (Å²) in [5.41, 5.74) is 0.533. The van der Waals surface area contributed by atoms with Gasteiger partial charge in [0, 0.05) is 30.8 Å². The van der Waals surface area contributed by atoms with Crippen LogP contribution < -0.4 is 0 Å². The van der Waals surface area contributed by atoms with Crippen molar-refractivity contribution in [1.29, 1.82) is 0 Å². The molecule has 0 radical (unpaired) electrons. The zero-order valence-corrected chi connectivity index (χ0v) is 11.5. The largest absolute Gasteiger partial charge is 0.507 e. The number of nitrogens with zero attached hydrogens (tertiary/aromatic N) is 1. The summed E-state index contributed by atoms with van der Waals surface area (Å²) in [6.07, 6.45) is 0. The lowest BCUT2D eigenvalue weighted by Crippen LogP contribution is -2.36. The molecule has 1 aromatic rings. The molecular weight excluding hydrogens is 274 g/mol. The van der Waals surface area contributed by atoms with E-state index in [1.54, 1.807) is 23.1 Å². The molecule has 1 aliphatic carbocycles. The average Bonchev–Trinajstić information content (AvgIpc) is 2.49. The first kappa shape index (κ1) is 15.4. The predicted molar refractivity (Wildman–Crippen MR) is 75.9 cm³/mol. The number of hydrogen-bond acceptors (Lipinski definition) is 6. The number of carbonyl (C=O) groups excluding carboxylic acids is 2. The quantitative estimate of drug-likeness (QED) is 0.639. The molecule has 1 aromatic carbocycles. The smallest absolute Gasteiger partial charge is 0.234 e. The Morgan fingerprint density at radius 3 is 2.05 bits per heavy atom. The minimum Gasteiger partial charge on any atom is -0.507 e. The van der Waals surface area contributed by atoms with Crippen LogP contribution in [0.1, 0.15) is 15.9 Å². The number of hydrogen-bond donors (Lipinski definition) is 3. The zero-order valence-electron chi connectivity index (χ0n) is 11.5. The van der Waals surface area contributed by atoms with E-state index in [-0.39, 0.29) is 49.7 Å². The monoisotopic (exact) mass is 291 g/mol. The molecule has 0 bridgehead atoms. The van der Waals surface area contributed by atoms with Crippen LogP contribution in [0.5, 0.6) is 0 Å². The van der Waals surface area contributed by atoms with Gasteiger partial charge in [0.15, 0.2) is 0 Å². The Kier molecular flexibility index (Phi) is 4.85. The summed E-state index contributed by atoms with van der Waals surface area (Å²) < 4.78 is 0. The van der Waals surface area contributed by atoms with Crippen LogP contribution in [0.3, 0.4) is 0 Å². The van der Waals surface area contributed by atoms with E-state index in [1.165, 1.54) is 6.07 Å². The molecule has 0 fully saturated rings. The van der Waals surface area contributed by atoms with Gasteiger partial charge in [0.25, 0.3) is 0 Å². The summed E-state index contributed by atoms with van der Waals surface area (Å²) in [5.74, 6) is -1.60. The van der Waals surface area contributed by atoms with Crippen molar-refractivity contribution in [3.05, 3.63) is 41.0 Å². The van der Waals surface area contributed by atoms with Crippen molar-refractivity contribution in [2.45, 2.75) is 0 Å². The third-order valence-electron chi connectivity index (χ3n) is 3.41. The number of benzene rings is 1. The summed E-state index contributed by atoms with van der Waals surface area (Å²) in [5, 5.41) is 28.2. The van der Waals surface area contributed by atoms with Crippen LogP contribution >= 0.6 is 0 Å². The van der Waals surface area contributed by atoms with Gasteiger partial charge < -0.3 is 15.3 Å². The lowest BCUT2D eigenvalue weighted by atomic mass is 9.88. The Balaban J connectivity index is 2.37. The average molecular weight is 291 g/mol. The second-order valence-electron chi connectivity index (χ2n) is 4.75. The second kappa shape index (κ2) is 6.62. The highest BCUT2D eigenvalue weighted by Crippen LogP contribution is 2.27. The molecule has 0 unspecified atom stereocenters. The van der Waals surface area contributed by atoms with E-state index in [4.69, 9.17) is 10.2 Å². The highest BCUT2D eigenvalue weighted by molar-refractivity contribution is 6.52. The number of ketones is 2. The Morgan fingerprint density at radius 2 is 1.48 bits per heavy atom. The first-order chi connectivity index (χ1) is 10.1. The molecule has 0 heterocycles. The molecule has 112 valence electrons. The van der Waals surface area contributed by atoms with E-state index in [2.05, 4.69) is 0 Å². The number of Topliss-reactive ketones (excluding diaryl/α,β-unsaturated/α-hetero) is 2. The molecule has 6 heteroatoms. The predicted octanol–water partition coefficient (Wildman–Crippen LogP) is 0.00770. The van der Waals surface area contributed by atoms with E-state index in [0.29, 0.717) is 5.56 Å². The summed E-state index contributed by atoms with van der Waals surface area (Å²) in [4.78, 5) is 25.8. The topological polar surface area (TPSA) is 98.1 Å². The number of rotatable bonds is 6. The Bertz CT molecular complexity index is 587. The van der Waals surface area contributed by atoms with Gasteiger partial charge in [0.1, 0.15) is 5.76 Å². The summed E-state index contributed by atoms with van der Waals surface area (Å²) in [7, 11) is 0. The van der Waals surface area contributed by atoms with Crippen LogP contribution in [0.4, 0.5) is 0 Å². The van der Waals surface area contributed by atoms with Crippen LogP contribution in [0.15, 0.2) is 29.8 Å². The molecule has 0 saturated carbocycles. The van der Waals surface area contributed by atoms with Crippen molar-refractivity contribution in [1.82, 2.24) is 4.90 Å². The third-order valence-corrected chi connectivity index (χ3v) is 3.41. The molecule has 0 atom stereocenters. The van der Waals surface area contributed by atoms with E-state index in [1.807, 2.05) is 0 Å². The molecule has 0 spiro atoms. The molecule has 3 N–H and O–H groups in total. The van der Waals surface area contributed by atoms with Gasteiger partial charge in [-0.15, -0.1) is 0 Å². The van der Waals surface area contributed by atoms with Gasteiger partial charge in [0.05, 0.1) is 18.8 Å². The highest BCUT2D eigenvalue weighted by Gasteiger charge is 2.33. The van der Waals surface area contributed by atoms with E-state index < -0.39 is 11.6 Å². The summed E-state index contributed by atoms with van der Waals surface area (Å²) >= 11 is 0. The molecule has 0 saturated heterocycles. The van der Waals surface area contributed by atoms with Gasteiger partial charge in [-0.3, -0.25) is 14.5 Å². The summed E-state index contributed by atoms with van der Waals surface area (Å²) in [6.45, 7) is 0.187. The van der Waals surface area contributed by atoms with Crippen molar-refractivity contribution in [3.63, 3.8) is 0 Å². The van der Waals surface area contributed by atoms with Gasteiger partial charge in [-0.05, 0) is 0 Å². The first-order valence-corrected chi connectivity index (χ1v) is 6.64. The minimum atomic E-state index is -0.743. The fourth-order valence-corrected chi connectivity index (χ4v) is 2.34. The molecule has 0 amide bonds.